The van der Waals surface area contributed by atoms with Crippen molar-refractivity contribution in [1.82, 2.24) is 9.80 Å². The lowest BCUT2D eigenvalue weighted by molar-refractivity contribution is -0.151. The SMILES string of the molecule is COC(=O)N1CCN(C(=O)C=Cc2ccc(Sc3ccc4c(c3)OCCO4)c(C(F)(F)F)c2)C(C(=O)O)C1. The van der Waals surface area contributed by atoms with Gasteiger partial charge < -0.3 is 29.1 Å². The van der Waals surface area contributed by atoms with E-state index in [1.54, 1.807) is 18.2 Å². The highest BCUT2D eigenvalue weighted by Crippen LogP contribution is 2.42. The van der Waals surface area contributed by atoms with Gasteiger partial charge in [0.2, 0.25) is 5.91 Å². The summed E-state index contributed by atoms with van der Waals surface area (Å²) in [6, 6.07) is 7.24. The summed E-state index contributed by atoms with van der Waals surface area (Å²) >= 11 is 0.915. The minimum atomic E-state index is -4.66. The molecule has 0 bridgehead atoms. The minimum Gasteiger partial charge on any atom is -0.486 e. The van der Waals surface area contributed by atoms with Crippen molar-refractivity contribution in [3.8, 4) is 11.5 Å². The Morgan fingerprint density at radius 3 is 2.50 bits per heavy atom. The number of carboxylic acid groups (broad SMARTS) is 1. The summed E-state index contributed by atoms with van der Waals surface area (Å²) < 4.78 is 57.2. The van der Waals surface area contributed by atoms with Crippen LogP contribution in [0.1, 0.15) is 11.1 Å². The van der Waals surface area contributed by atoms with Crippen LogP contribution in [0.2, 0.25) is 0 Å². The summed E-state index contributed by atoms with van der Waals surface area (Å²) in [5.41, 5.74) is -0.778. The van der Waals surface area contributed by atoms with Crippen LogP contribution >= 0.6 is 11.8 Å². The van der Waals surface area contributed by atoms with Crippen molar-refractivity contribution >= 4 is 35.8 Å². The Balaban J connectivity index is 1.52. The van der Waals surface area contributed by atoms with Gasteiger partial charge in [-0.05, 0) is 42.0 Å². The summed E-state index contributed by atoms with van der Waals surface area (Å²) in [6.45, 7) is 0.457. The van der Waals surface area contributed by atoms with Gasteiger partial charge in [0.1, 0.15) is 19.3 Å². The van der Waals surface area contributed by atoms with Crippen molar-refractivity contribution in [3.63, 3.8) is 0 Å². The van der Waals surface area contributed by atoms with Gasteiger partial charge in [-0.25, -0.2) is 9.59 Å². The molecule has 202 valence electrons. The molecule has 0 saturated carbocycles. The van der Waals surface area contributed by atoms with Gasteiger partial charge in [0, 0.05) is 29.0 Å². The zero-order chi connectivity index (χ0) is 27.4. The Morgan fingerprint density at radius 1 is 1.08 bits per heavy atom. The number of alkyl halides is 3. The quantitative estimate of drug-likeness (QED) is 0.555. The van der Waals surface area contributed by atoms with E-state index >= 15 is 0 Å². The number of hydrogen-bond acceptors (Lipinski definition) is 7. The molecule has 2 aromatic rings. The number of ether oxygens (including phenoxy) is 3. The van der Waals surface area contributed by atoms with Gasteiger partial charge in [-0.2, -0.15) is 13.2 Å². The third-order valence-corrected chi connectivity index (χ3v) is 6.92. The van der Waals surface area contributed by atoms with E-state index in [0.717, 1.165) is 35.9 Å². The number of nitrogens with zero attached hydrogens (tertiary/aromatic N) is 2. The second kappa shape index (κ2) is 11.3. The molecule has 0 radical (unpaired) electrons. The number of hydrogen-bond donors (Lipinski definition) is 1. The fourth-order valence-corrected chi connectivity index (χ4v) is 4.97. The van der Waals surface area contributed by atoms with Crippen molar-refractivity contribution in [3.05, 3.63) is 53.6 Å². The van der Waals surface area contributed by atoms with Gasteiger partial charge in [0.15, 0.2) is 11.5 Å². The van der Waals surface area contributed by atoms with E-state index in [9.17, 15) is 32.7 Å². The topological polar surface area (TPSA) is 106 Å². The summed E-state index contributed by atoms with van der Waals surface area (Å²) in [5, 5.41) is 9.52. The average Bonchev–Trinajstić information content (AvgIpc) is 2.90. The maximum absolute atomic E-state index is 13.9. The number of carbonyl (C=O) groups excluding carboxylic acids is 2. The first-order valence-corrected chi connectivity index (χ1v) is 12.2. The molecule has 38 heavy (non-hydrogen) atoms. The number of carboxylic acids is 1. The van der Waals surface area contributed by atoms with Crippen LogP contribution in [0.5, 0.6) is 11.5 Å². The third kappa shape index (κ3) is 6.15. The van der Waals surface area contributed by atoms with E-state index in [2.05, 4.69) is 4.74 Å². The molecule has 1 unspecified atom stereocenters. The number of amides is 2. The number of fused-ring (bicyclic) bond motifs is 1. The van der Waals surface area contributed by atoms with E-state index in [1.165, 1.54) is 23.1 Å². The first-order chi connectivity index (χ1) is 18.1. The zero-order valence-corrected chi connectivity index (χ0v) is 20.9. The monoisotopic (exact) mass is 552 g/mol. The van der Waals surface area contributed by atoms with Gasteiger partial charge in [-0.1, -0.05) is 17.8 Å². The van der Waals surface area contributed by atoms with Crippen LogP contribution in [0.25, 0.3) is 6.08 Å². The molecule has 0 spiro atoms. The largest absolute Gasteiger partial charge is 0.486 e. The van der Waals surface area contributed by atoms with Gasteiger partial charge >= 0.3 is 18.2 Å². The van der Waals surface area contributed by atoms with Crippen molar-refractivity contribution < 1.29 is 46.9 Å². The van der Waals surface area contributed by atoms with Crippen molar-refractivity contribution in [2.75, 3.05) is 40.0 Å². The molecule has 9 nitrogen and oxygen atoms in total. The zero-order valence-electron chi connectivity index (χ0n) is 20.1. The molecule has 1 N–H and O–H groups in total. The van der Waals surface area contributed by atoms with Crippen LogP contribution in [0.4, 0.5) is 18.0 Å². The lowest BCUT2D eigenvalue weighted by Gasteiger charge is -2.38. The first-order valence-electron chi connectivity index (χ1n) is 11.4. The summed E-state index contributed by atoms with van der Waals surface area (Å²) in [5.74, 6) is -1.04. The summed E-state index contributed by atoms with van der Waals surface area (Å²) in [6.07, 6.45) is -3.16. The van der Waals surface area contributed by atoms with Crippen LogP contribution in [-0.4, -0.2) is 78.9 Å². The van der Waals surface area contributed by atoms with E-state index < -0.39 is 35.8 Å². The number of methoxy groups -OCH3 is 1. The molecule has 2 aliphatic heterocycles. The van der Waals surface area contributed by atoms with E-state index in [4.69, 9.17) is 9.47 Å². The Kier molecular flexibility index (Phi) is 8.05. The highest BCUT2D eigenvalue weighted by molar-refractivity contribution is 7.99. The average molecular weight is 553 g/mol. The number of piperazine rings is 1. The van der Waals surface area contributed by atoms with Crippen LogP contribution in [0, 0.1) is 0 Å². The molecule has 0 aliphatic carbocycles. The molecule has 1 saturated heterocycles. The van der Waals surface area contributed by atoms with Crippen molar-refractivity contribution in [2.24, 2.45) is 0 Å². The van der Waals surface area contributed by atoms with Gasteiger partial charge in [-0.15, -0.1) is 0 Å². The Morgan fingerprint density at radius 2 is 1.82 bits per heavy atom. The van der Waals surface area contributed by atoms with Crippen LogP contribution < -0.4 is 9.47 Å². The van der Waals surface area contributed by atoms with Crippen molar-refractivity contribution in [2.45, 2.75) is 22.0 Å². The Labute approximate surface area is 219 Å². The third-order valence-electron chi connectivity index (χ3n) is 5.85. The maximum Gasteiger partial charge on any atom is 0.417 e. The molecule has 1 fully saturated rings. The number of aliphatic carboxylic acids is 1. The van der Waals surface area contributed by atoms with E-state index in [1.807, 2.05) is 0 Å². The minimum absolute atomic E-state index is 0.0393. The van der Waals surface area contributed by atoms with E-state index in [0.29, 0.717) is 29.6 Å². The molecular formula is C25H23F3N2O7S. The molecule has 1 atom stereocenters. The second-order valence-electron chi connectivity index (χ2n) is 8.30. The second-order valence-corrected chi connectivity index (χ2v) is 9.41. The summed E-state index contributed by atoms with van der Waals surface area (Å²) in [4.78, 5) is 38.9. The van der Waals surface area contributed by atoms with Gasteiger partial charge in [-0.3, -0.25) is 4.79 Å². The molecule has 4 rings (SSSR count). The number of carbonyl (C=O) groups is 3. The fourth-order valence-electron chi connectivity index (χ4n) is 3.99. The molecule has 2 heterocycles. The highest BCUT2D eigenvalue weighted by Gasteiger charge is 2.37. The van der Waals surface area contributed by atoms with Crippen LogP contribution in [0.3, 0.4) is 0 Å². The predicted molar refractivity (Wildman–Crippen MR) is 129 cm³/mol. The first kappa shape index (κ1) is 27.2. The molecular weight excluding hydrogens is 529 g/mol. The number of halogens is 3. The smallest absolute Gasteiger partial charge is 0.417 e. The predicted octanol–water partition coefficient (Wildman–Crippen LogP) is 4.00. The van der Waals surface area contributed by atoms with Crippen LogP contribution in [0.15, 0.2) is 52.3 Å². The van der Waals surface area contributed by atoms with Gasteiger partial charge in [0.05, 0.1) is 19.2 Å². The standard InChI is InChI=1S/C25H23F3N2O7S/c1-35-24(34)29-8-9-30(18(14-29)23(32)33)22(31)7-3-15-2-6-21(17(12-15)25(26,27)28)38-16-4-5-19-20(13-16)37-11-10-36-19/h2-7,12-13,18H,8-11,14H2,1H3,(H,32,33). The maximum atomic E-state index is 13.9. The number of rotatable bonds is 5. The number of benzene rings is 2. The fraction of sp³-hybridized carbons (Fsp3) is 0.320. The Hall–Kier alpha value is -3.87. The molecule has 2 amide bonds. The lowest BCUT2D eigenvalue weighted by Crippen LogP contribution is -2.59. The van der Waals surface area contributed by atoms with Crippen molar-refractivity contribution in [1.29, 1.82) is 0 Å². The van der Waals surface area contributed by atoms with E-state index in [-0.39, 0.29) is 30.1 Å². The Bertz CT molecular complexity index is 1270. The molecule has 0 aromatic heterocycles. The van der Waals surface area contributed by atoms with Gasteiger partial charge in [0.25, 0.3) is 0 Å². The molecule has 2 aliphatic rings. The molecule has 13 heteroatoms. The summed E-state index contributed by atoms with van der Waals surface area (Å²) in [7, 11) is 1.16. The normalized spacial score (nSPS) is 17.4. The molecule has 2 aromatic carbocycles. The van der Waals surface area contributed by atoms with Crippen LogP contribution in [-0.2, 0) is 20.5 Å². The highest BCUT2D eigenvalue weighted by atomic mass is 32.2. The lowest BCUT2D eigenvalue weighted by atomic mass is 10.1.